The highest BCUT2D eigenvalue weighted by atomic mass is 35.5. The van der Waals surface area contributed by atoms with Crippen molar-refractivity contribution in [3.63, 3.8) is 0 Å². The average Bonchev–Trinajstić information content (AvgIpc) is 4.33. The van der Waals surface area contributed by atoms with Gasteiger partial charge in [0, 0.05) is 61.5 Å². The standard InChI is InChI=1S/2C13H9ClN4O2.2C13H12N4O/c2*1-8-5-11(19)18(13(8)20)10-7-17(16-12(10)14)9-3-2-4-15-6-9;2*18-13-5-1-2-7-16(13)12-9-15-17(10-12)11-4-3-6-14-8-11/h2-7H,1H3;2-4,6-7H,1,5H2;1,3-6,8-10H,2,7H2;1-4,6,8-10H,5,7H2. The highest BCUT2D eigenvalue weighted by molar-refractivity contribution is 6.37. The molecule has 22 nitrogen and oxygen atoms in total. The summed E-state index contributed by atoms with van der Waals surface area (Å²) < 4.78 is 6.37. The number of carbonyl (C=O) groups excluding carboxylic acids is 6. The minimum absolute atomic E-state index is 0.00647. The molecule has 4 aliphatic rings. The van der Waals surface area contributed by atoms with E-state index in [9.17, 15) is 28.8 Å². The molecule has 8 aromatic heterocycles. The lowest BCUT2D eigenvalue weighted by Gasteiger charge is -2.21. The Labute approximate surface area is 442 Å². The summed E-state index contributed by atoms with van der Waals surface area (Å²) in [5.41, 5.74) is 5.89. The van der Waals surface area contributed by atoms with Crippen molar-refractivity contribution in [3.05, 3.63) is 194 Å². The lowest BCUT2D eigenvalue weighted by Crippen LogP contribution is -2.32. The highest BCUT2D eigenvalue weighted by Gasteiger charge is 2.36. The van der Waals surface area contributed by atoms with Crippen molar-refractivity contribution in [3.8, 4) is 22.7 Å². The molecule has 0 spiro atoms. The van der Waals surface area contributed by atoms with E-state index in [1.807, 2.05) is 54.9 Å². The summed E-state index contributed by atoms with van der Waals surface area (Å²) >= 11 is 12.1. The van der Waals surface area contributed by atoms with Gasteiger partial charge < -0.3 is 9.80 Å². The van der Waals surface area contributed by atoms with Gasteiger partial charge in [0.1, 0.15) is 11.4 Å². The first-order valence-corrected chi connectivity index (χ1v) is 23.9. The SMILES string of the molecule is C=C1CC(=O)N(c2cn(-c3cccnc3)nc2Cl)C1=O.CC1=CC(=O)N(c2cn(-c3cccnc3)nc2Cl)C1=O.O=C1C=CCCN1c1cnn(-c2cccnc2)c1.O=C1CC=CCN1c1cnn(-c2cccnc2)c1. The van der Waals surface area contributed by atoms with Crippen LogP contribution in [0.5, 0.6) is 0 Å². The van der Waals surface area contributed by atoms with Crippen molar-refractivity contribution < 1.29 is 28.8 Å². The summed E-state index contributed by atoms with van der Waals surface area (Å²) in [6.07, 6.45) is 33.5. The van der Waals surface area contributed by atoms with E-state index in [2.05, 4.69) is 46.9 Å². The van der Waals surface area contributed by atoms with Crippen molar-refractivity contribution in [2.24, 2.45) is 0 Å². The summed E-state index contributed by atoms with van der Waals surface area (Å²) in [5, 5.41) is 16.8. The second-order valence-electron chi connectivity index (χ2n) is 16.6. The Morgan fingerprint density at radius 3 is 1.46 bits per heavy atom. The molecule has 1 fully saturated rings. The number of halogens is 2. The Morgan fingerprint density at radius 2 is 1.03 bits per heavy atom. The van der Waals surface area contributed by atoms with Gasteiger partial charge in [-0.05, 0) is 68.0 Å². The number of hydrogen-bond donors (Lipinski definition) is 0. The number of pyridine rings is 4. The van der Waals surface area contributed by atoms with Crippen molar-refractivity contribution in [2.45, 2.75) is 26.2 Å². The van der Waals surface area contributed by atoms with Crippen LogP contribution in [-0.2, 0) is 28.8 Å². The van der Waals surface area contributed by atoms with E-state index in [1.54, 1.807) is 118 Å². The third-order valence-electron chi connectivity index (χ3n) is 11.5. The van der Waals surface area contributed by atoms with E-state index < -0.39 is 11.8 Å². The minimum Gasteiger partial charge on any atom is -0.306 e. The Bertz CT molecular complexity index is 3500. The van der Waals surface area contributed by atoms with Crippen molar-refractivity contribution in [1.29, 1.82) is 0 Å². The van der Waals surface area contributed by atoms with Crippen LogP contribution in [0.15, 0.2) is 183 Å². The molecule has 24 heteroatoms. The van der Waals surface area contributed by atoms with Gasteiger partial charge in [-0.15, -0.1) is 0 Å². The van der Waals surface area contributed by atoms with Crippen LogP contribution in [0.4, 0.5) is 22.7 Å². The maximum Gasteiger partial charge on any atom is 0.261 e. The first-order chi connectivity index (χ1) is 36.8. The number of carbonyl (C=O) groups is 6. The molecule has 4 aliphatic heterocycles. The predicted octanol–water partition coefficient (Wildman–Crippen LogP) is 6.60. The van der Waals surface area contributed by atoms with Gasteiger partial charge in [0.2, 0.25) is 11.8 Å². The van der Waals surface area contributed by atoms with Crippen LogP contribution in [0.2, 0.25) is 10.3 Å². The smallest absolute Gasteiger partial charge is 0.261 e. The number of anilines is 4. The molecule has 0 aromatic carbocycles. The quantitative estimate of drug-likeness (QED) is 0.0886. The third kappa shape index (κ3) is 11.4. The molecule has 0 N–H and O–H groups in total. The van der Waals surface area contributed by atoms with E-state index >= 15 is 0 Å². The zero-order valence-electron chi connectivity index (χ0n) is 40.2. The van der Waals surface area contributed by atoms with E-state index in [4.69, 9.17) is 23.2 Å². The van der Waals surface area contributed by atoms with Crippen LogP contribution in [-0.4, -0.2) is 108 Å². The maximum atomic E-state index is 11.9. The van der Waals surface area contributed by atoms with Crippen LogP contribution in [0.3, 0.4) is 0 Å². The predicted molar refractivity (Wildman–Crippen MR) is 280 cm³/mol. The van der Waals surface area contributed by atoms with Gasteiger partial charge in [0.05, 0.1) is 103 Å². The molecule has 8 aromatic rings. The monoisotopic (exact) mass is 1060 g/mol. The maximum absolute atomic E-state index is 11.9. The molecule has 0 aliphatic carbocycles. The van der Waals surface area contributed by atoms with Gasteiger partial charge in [-0.1, -0.05) is 48.0 Å². The largest absolute Gasteiger partial charge is 0.306 e. The summed E-state index contributed by atoms with van der Waals surface area (Å²) in [7, 11) is 0. The zero-order chi connectivity index (χ0) is 53.3. The number of rotatable bonds is 8. The van der Waals surface area contributed by atoms with Crippen LogP contribution < -0.4 is 19.6 Å². The second kappa shape index (κ2) is 23.0. The Morgan fingerprint density at radius 1 is 0.526 bits per heavy atom. The minimum atomic E-state index is -0.442. The van der Waals surface area contributed by atoms with Crippen LogP contribution in [0, 0.1) is 0 Å². The topological polar surface area (TPSA) is 238 Å². The number of amides is 6. The van der Waals surface area contributed by atoms with Gasteiger partial charge >= 0.3 is 0 Å². The summed E-state index contributed by atoms with van der Waals surface area (Å²) in [4.78, 5) is 92.5. The van der Waals surface area contributed by atoms with E-state index in [1.165, 1.54) is 27.8 Å². The molecule has 1 saturated heterocycles. The van der Waals surface area contributed by atoms with Crippen molar-refractivity contribution in [2.75, 3.05) is 32.7 Å². The molecule has 76 heavy (non-hydrogen) atoms. The van der Waals surface area contributed by atoms with E-state index in [0.717, 1.165) is 39.0 Å². The fourth-order valence-corrected chi connectivity index (χ4v) is 8.16. The van der Waals surface area contributed by atoms with Gasteiger partial charge in [0.15, 0.2) is 10.3 Å². The molecule has 12 rings (SSSR count). The molecule has 0 radical (unpaired) electrons. The summed E-state index contributed by atoms with van der Waals surface area (Å²) in [6.45, 7) is 6.46. The molecule has 6 amide bonds. The number of aromatic nitrogens is 12. The van der Waals surface area contributed by atoms with Gasteiger partial charge in [-0.25, -0.2) is 28.5 Å². The van der Waals surface area contributed by atoms with E-state index in [-0.39, 0.29) is 57.3 Å². The fourth-order valence-electron chi connectivity index (χ4n) is 7.74. The van der Waals surface area contributed by atoms with Gasteiger partial charge in [-0.2, -0.15) is 20.4 Å². The molecule has 12 heterocycles. The number of hydrogen-bond acceptors (Lipinski definition) is 14. The fraction of sp³-hybridized carbons (Fsp3) is 0.115. The van der Waals surface area contributed by atoms with E-state index in [0.29, 0.717) is 36.5 Å². The first-order valence-electron chi connectivity index (χ1n) is 23.1. The zero-order valence-corrected chi connectivity index (χ0v) is 41.7. The Balaban J connectivity index is 0.000000124. The molecule has 0 atom stereocenters. The van der Waals surface area contributed by atoms with Crippen LogP contribution >= 0.6 is 23.2 Å². The molecule has 380 valence electrons. The second-order valence-corrected chi connectivity index (χ2v) is 17.3. The lowest BCUT2D eigenvalue weighted by atomic mass is 10.2. The lowest BCUT2D eigenvalue weighted by molar-refractivity contribution is -0.122. The Kier molecular flexibility index (Phi) is 15.4. The molecular weight excluding hydrogens is 1020 g/mol. The molecule has 0 unspecified atom stereocenters. The summed E-state index contributed by atoms with van der Waals surface area (Å²) in [5.74, 6) is -1.49. The Hall–Kier alpha value is -9.80. The van der Waals surface area contributed by atoms with Crippen molar-refractivity contribution in [1.82, 2.24) is 59.1 Å². The molecule has 0 bridgehead atoms. The number of imide groups is 2. The molecular formula is C52H42Cl2N16O6. The van der Waals surface area contributed by atoms with Gasteiger partial charge in [0.25, 0.3) is 23.6 Å². The summed E-state index contributed by atoms with van der Waals surface area (Å²) in [6, 6.07) is 14.6. The van der Waals surface area contributed by atoms with Crippen molar-refractivity contribution >= 4 is 81.4 Å². The normalized spacial score (nSPS) is 15.1. The first kappa shape index (κ1) is 51.1. The third-order valence-corrected chi connectivity index (χ3v) is 12.0. The molecule has 0 saturated carbocycles. The van der Waals surface area contributed by atoms with Crippen LogP contribution in [0.1, 0.15) is 26.2 Å². The average molecular weight is 1060 g/mol. The number of nitrogens with zero attached hydrogens (tertiary/aromatic N) is 16. The van der Waals surface area contributed by atoms with Gasteiger partial charge in [-0.3, -0.25) is 48.7 Å². The van der Waals surface area contributed by atoms with Crippen LogP contribution in [0.25, 0.3) is 22.7 Å². The highest BCUT2D eigenvalue weighted by Crippen LogP contribution is 2.32.